The van der Waals surface area contributed by atoms with E-state index in [2.05, 4.69) is 44.7 Å². The predicted molar refractivity (Wildman–Crippen MR) is 532 cm³/mol. The number of nitro benzene ring substituents is 2. The van der Waals surface area contributed by atoms with E-state index >= 15 is 0 Å². The second-order valence-corrected chi connectivity index (χ2v) is 33.4. The molecule has 0 atom stereocenters. The number of nitrogen functional groups attached to an aromatic ring is 1. The van der Waals surface area contributed by atoms with Gasteiger partial charge in [-0.25, -0.2) is 0 Å². The van der Waals surface area contributed by atoms with E-state index in [0.29, 0.717) is 127 Å². The number of nitrogens with one attached hydrogen (secondary N) is 2. The van der Waals surface area contributed by atoms with Crippen molar-refractivity contribution in [2.75, 3.05) is 21.3 Å². The van der Waals surface area contributed by atoms with Crippen molar-refractivity contribution in [3.63, 3.8) is 0 Å². The van der Waals surface area contributed by atoms with E-state index in [1.165, 1.54) is 65.7 Å². The summed E-state index contributed by atoms with van der Waals surface area (Å²) in [6.45, 7) is 1.23. The maximum atomic E-state index is 10.9. The van der Waals surface area contributed by atoms with Crippen LogP contribution in [0.3, 0.4) is 0 Å². The predicted octanol–water partition coefficient (Wildman–Crippen LogP) is 28.4. The van der Waals surface area contributed by atoms with Gasteiger partial charge in [-0.2, -0.15) is 0 Å². The molecule has 0 bridgehead atoms. The zero-order valence-corrected chi connectivity index (χ0v) is 87.7. The number of carbonyl (C=O) groups is 2. The molecule has 5 N–H and O–H groups in total. The van der Waals surface area contributed by atoms with Crippen LogP contribution >= 0.6 is 197 Å². The Morgan fingerprint density at radius 3 is 1.14 bits per heavy atom. The molecule has 2 aliphatic rings. The van der Waals surface area contributed by atoms with Gasteiger partial charge in [0.25, 0.3) is 12.2 Å². The van der Waals surface area contributed by atoms with Crippen LogP contribution in [0, 0.1) is 20.2 Å². The summed E-state index contributed by atoms with van der Waals surface area (Å²) in [5.41, 5.74) is 13.6. The first-order valence-electron chi connectivity index (χ1n) is 37.3. The fraction of sp³-hybridized carbons (Fsp3) is 0.0213. The number of aromatic hydroxyl groups is 1. The number of benzene rings is 15. The molecule has 0 aliphatic carbocycles. The van der Waals surface area contributed by atoms with Crippen LogP contribution < -0.4 is 153 Å². The van der Waals surface area contributed by atoms with Gasteiger partial charge in [0.15, 0.2) is 34.5 Å². The van der Waals surface area contributed by atoms with Crippen LogP contribution in [-0.2, 0) is 22.8 Å². The number of nitro groups is 2. The van der Waals surface area contributed by atoms with Gasteiger partial charge in [0.05, 0.1) is 64.1 Å². The van der Waals surface area contributed by atoms with Crippen LogP contribution in [0.25, 0.3) is 0 Å². The van der Waals surface area contributed by atoms with Crippen LogP contribution in [0.4, 0.5) is 45.5 Å². The van der Waals surface area contributed by atoms with Crippen molar-refractivity contribution < 1.29 is 163 Å². The summed E-state index contributed by atoms with van der Waals surface area (Å²) in [7, 11) is 0. The van der Waals surface area contributed by atoms with E-state index in [1.54, 1.807) is 109 Å². The number of fused-ring (bicyclic) bond motifs is 4. The van der Waals surface area contributed by atoms with E-state index < -0.39 is 9.85 Å². The fourth-order valence-corrected chi connectivity index (χ4v) is 13.8. The van der Waals surface area contributed by atoms with E-state index in [4.69, 9.17) is 242 Å². The molecule has 0 fully saturated rings. The Morgan fingerprint density at radius 2 is 0.714 bits per heavy atom. The number of rotatable bonds is 15. The Bertz CT molecular complexity index is 6330. The van der Waals surface area contributed by atoms with E-state index in [-0.39, 0.29) is 144 Å². The summed E-state index contributed by atoms with van der Waals surface area (Å²) in [5, 5.41) is 53.0. The van der Waals surface area contributed by atoms with Crippen molar-refractivity contribution in [2.24, 2.45) is 0 Å². The van der Waals surface area contributed by atoms with Crippen LogP contribution in [0.15, 0.2) is 309 Å². The molecule has 0 radical (unpaired) electrons. The molecule has 2 aliphatic heterocycles. The summed E-state index contributed by atoms with van der Waals surface area (Å²) in [5.74, 6) is 5.09. The summed E-state index contributed by atoms with van der Waals surface area (Å²) in [6.07, 6.45) is 0.833. The van der Waals surface area contributed by atoms with Crippen molar-refractivity contribution in [1.82, 2.24) is 0 Å². The molecule has 133 heavy (non-hydrogen) atoms. The molecule has 0 saturated heterocycles. The first-order chi connectivity index (χ1) is 62.7. The molecule has 674 valence electrons. The first-order valence-corrected chi connectivity index (χ1v) is 43.7. The molecule has 0 aromatic heterocycles. The van der Waals surface area contributed by atoms with Crippen molar-refractivity contribution in [3.8, 4) is 63.2 Å². The summed E-state index contributed by atoms with van der Waals surface area (Å²) in [4.78, 5) is 43.5. The number of phenolic OH excluding ortho intramolecular Hbond substituents is 1. The normalized spacial score (nSPS) is 10.4. The quantitative estimate of drug-likeness (QED) is 0.0185. The maximum absolute atomic E-state index is 10.9. The van der Waals surface area contributed by atoms with Crippen molar-refractivity contribution in [1.29, 1.82) is 0 Å². The summed E-state index contributed by atoms with van der Waals surface area (Å²) in [6, 6.07) is 89.4. The van der Waals surface area contributed by atoms with Gasteiger partial charge < -0.3 is 61.6 Å². The van der Waals surface area contributed by atoms with E-state index in [9.17, 15) is 25.0 Å². The molecule has 17 rings (SSSR count). The van der Waals surface area contributed by atoms with Crippen LogP contribution in [0.1, 0.15) is 22.9 Å². The number of ether oxygens (including phenoxy) is 5. The average Bonchev–Trinajstić information content (AvgIpc) is 0.762. The topological polar surface area (TPSA) is 272 Å². The number of nitrogens with zero attached hydrogens (tertiary/aromatic N) is 3. The Balaban J connectivity index is 0.000000238. The minimum Gasteiger partial charge on any atom is -1.00 e. The number of carbonyl (C=O) groups excluding carboxylic acids is 2. The fourth-order valence-electron chi connectivity index (χ4n) is 10.9. The first kappa shape index (κ1) is 112. The standard InChI is InChI=1S/C19H14Cl3NO.C19H13Cl2NO.C12H6Cl3NO3.C12H8Cl3NO.C12H7Cl2NO.C7H6O.C6H3Cl2NO2.C6H4Cl2O.CH2O3.2K.H/c20-14-6-8-16(22)18(10-14)24-19-11-15(21)7-9-17(19)23-12-13-4-2-1-3-5-13;20-14-6-8-16-18(10-14)23-19-11-15(21)7-9-17(19)22(16)12-13-4-2-1-3-5-13;13-7-1-3-9(15)11(5-7)19-12-6-8(14)2-4-10(12)16(17)18;13-7-1-3-9(15)11(5-7)17-12-6-8(14)2-4-10(12)16;13-7-1-3-9-11(5-7)16-12-6-8(14)2-4-10(12)15-9;8-6-7-4-2-1-3-5-7;7-4-1-2-6(9(10)11)5(8)3-4;7-4-1-2-5(8)6(9)3-4;2-1-4-3;;;/h1-11,23H,12H2;1-11H,12H2;1-6H;1-6H,16H2;1-6,15H;1-6H;1-3H;1-3,9H;1,3H;;;/q;;;;;;;;;2*+1;-1/p-1. The minimum absolute atomic E-state index is 0. The van der Waals surface area contributed by atoms with Gasteiger partial charge in [-0.15, -0.1) is 0 Å². The Morgan fingerprint density at radius 1 is 0.376 bits per heavy atom. The van der Waals surface area contributed by atoms with Gasteiger partial charge in [-0.3, -0.25) is 29.8 Å². The minimum atomic E-state index is -0.565. The molecule has 20 nitrogen and oxygen atoms in total. The van der Waals surface area contributed by atoms with Crippen molar-refractivity contribution in [3.05, 3.63) is 432 Å². The van der Waals surface area contributed by atoms with Crippen LogP contribution in [0.2, 0.25) is 85.4 Å². The maximum Gasteiger partial charge on any atom is 1.00 e. The number of hydrogen-bond donors (Lipinski definition) is 4. The van der Waals surface area contributed by atoms with E-state index in [0.717, 1.165) is 58.3 Å². The average molecular weight is 2180 g/mol. The van der Waals surface area contributed by atoms with E-state index in [1.807, 2.05) is 121 Å². The summed E-state index contributed by atoms with van der Waals surface area (Å²) < 4.78 is 28.6. The molecular weight excluding hydrogens is 2120 g/mol. The SMILES string of the molecule is Clc1ccc(Cl)c(Oc2cc(Cl)ccc2NCc2ccccc2)c1.Clc1ccc2c(c1)Oc1cc(Cl)ccc1N2.Clc1ccc2c(c1)Oc1cc(Cl)ccc1N2Cc1ccccc1.Nc1ccc(Cl)cc1Oc1cc(Cl)ccc1Cl.O=CO[O-].O=Cc1ccccc1.O=[N+]([O-])c1ccc(Cl)cc1Cl.O=[N+]([O-])c1ccc(Cl)cc1Oc1cc(Cl)ccc1Cl.Oc1cc(Cl)ccc1Cl.[H-].[K+].[K+]. The second-order valence-electron chi connectivity index (χ2n) is 26.1. The second kappa shape index (κ2) is 57.6. The van der Waals surface area contributed by atoms with Gasteiger partial charge in [0, 0.05) is 158 Å². The number of phenols is 1. The number of hydrogen-bond acceptors (Lipinski definition) is 18. The molecule has 15 aromatic carbocycles. The number of anilines is 6. The summed E-state index contributed by atoms with van der Waals surface area (Å²) >= 11 is 99.6. The Kier molecular flexibility index (Phi) is 48.7. The third-order valence-electron chi connectivity index (χ3n) is 16.9. The van der Waals surface area contributed by atoms with Crippen molar-refractivity contribution >= 4 is 255 Å². The van der Waals surface area contributed by atoms with Gasteiger partial charge in [-0.05, 0) is 151 Å². The van der Waals surface area contributed by atoms with Gasteiger partial charge in [0.1, 0.15) is 34.3 Å². The molecule has 0 amide bonds. The molecule has 0 unspecified atom stereocenters. The van der Waals surface area contributed by atoms with Crippen molar-refractivity contribution in [2.45, 2.75) is 13.1 Å². The molecular formula is C94H63Cl17K2N6O14. The Hall–Kier alpha value is -7.60. The molecule has 2 heterocycles. The molecule has 0 spiro atoms. The molecule has 15 aromatic rings. The van der Waals surface area contributed by atoms with Crippen LogP contribution in [0.5, 0.6) is 63.2 Å². The smallest absolute Gasteiger partial charge is 1.00 e. The zero-order chi connectivity index (χ0) is 94.8. The third kappa shape index (κ3) is 37.0. The molecule has 0 saturated carbocycles. The number of halogens is 17. The third-order valence-corrected chi connectivity index (χ3v) is 21.3. The zero-order valence-electron chi connectivity index (χ0n) is 69.6. The largest absolute Gasteiger partial charge is 1.00 e. The Labute approximate surface area is 934 Å². The number of aldehydes is 1. The van der Waals surface area contributed by atoms with Gasteiger partial charge in [0.2, 0.25) is 5.75 Å². The van der Waals surface area contributed by atoms with Gasteiger partial charge >= 0.3 is 108 Å². The number of nitrogens with two attached hydrogens (primary N) is 1. The monoisotopic (exact) mass is 2170 g/mol. The van der Waals surface area contributed by atoms with Crippen LogP contribution in [-0.4, -0.2) is 27.7 Å². The molecule has 39 heteroatoms. The van der Waals surface area contributed by atoms with Gasteiger partial charge in [-0.1, -0.05) is 288 Å².